The first kappa shape index (κ1) is 11.4. The van der Waals surface area contributed by atoms with Gasteiger partial charge < -0.3 is 0 Å². The Morgan fingerprint density at radius 1 is 1.39 bits per heavy atom. The highest BCUT2D eigenvalue weighted by atomic mass is 79.9. The van der Waals surface area contributed by atoms with Gasteiger partial charge in [0.15, 0.2) is 5.69 Å². The van der Waals surface area contributed by atoms with E-state index in [9.17, 15) is 0 Å². The summed E-state index contributed by atoms with van der Waals surface area (Å²) in [5.74, 6) is 0. The Morgan fingerprint density at radius 2 is 2.17 bits per heavy atom. The van der Waals surface area contributed by atoms with Gasteiger partial charge >= 0.3 is 0 Å². The SMILES string of the molecule is Cc1nc2sc(-c3ccccc3Br)nn2c1C#N. The number of nitriles is 1. The fourth-order valence-corrected chi connectivity index (χ4v) is 3.31. The minimum absolute atomic E-state index is 0.500. The second-order valence-corrected chi connectivity index (χ2v) is 5.55. The Bertz CT molecular complexity index is 781. The summed E-state index contributed by atoms with van der Waals surface area (Å²) in [6, 6.07) is 10.0. The van der Waals surface area contributed by atoms with E-state index in [4.69, 9.17) is 5.26 Å². The lowest BCUT2D eigenvalue weighted by Crippen LogP contribution is -1.90. The predicted molar refractivity (Wildman–Crippen MR) is 73.5 cm³/mol. The summed E-state index contributed by atoms with van der Waals surface area (Å²) in [6.45, 7) is 1.82. The number of benzene rings is 1. The standard InChI is InChI=1S/C12H7BrN4S/c1-7-10(6-14)17-12(15-7)18-11(16-17)8-4-2-3-5-9(8)13/h2-5H,1H3. The van der Waals surface area contributed by atoms with E-state index in [1.165, 1.54) is 11.3 Å². The van der Waals surface area contributed by atoms with E-state index < -0.39 is 0 Å². The van der Waals surface area contributed by atoms with Gasteiger partial charge in [-0.3, -0.25) is 0 Å². The molecule has 0 saturated heterocycles. The Labute approximate surface area is 116 Å². The van der Waals surface area contributed by atoms with Crippen LogP contribution in [-0.4, -0.2) is 14.6 Å². The van der Waals surface area contributed by atoms with Crippen molar-refractivity contribution in [3.8, 4) is 16.6 Å². The van der Waals surface area contributed by atoms with Gasteiger partial charge in [0.2, 0.25) is 4.96 Å². The average Bonchev–Trinajstić information content (AvgIpc) is 2.86. The normalized spacial score (nSPS) is 10.7. The maximum Gasteiger partial charge on any atom is 0.213 e. The number of aryl methyl sites for hydroxylation is 1. The molecule has 4 nitrogen and oxygen atoms in total. The van der Waals surface area contributed by atoms with Crippen LogP contribution in [0.5, 0.6) is 0 Å². The van der Waals surface area contributed by atoms with Crippen molar-refractivity contribution in [1.29, 1.82) is 5.26 Å². The lowest BCUT2D eigenvalue weighted by Gasteiger charge is -1.97. The quantitative estimate of drug-likeness (QED) is 0.691. The second kappa shape index (κ2) is 4.19. The maximum absolute atomic E-state index is 9.08. The van der Waals surface area contributed by atoms with Crippen LogP contribution in [0.2, 0.25) is 0 Å². The van der Waals surface area contributed by atoms with Crippen molar-refractivity contribution in [3.63, 3.8) is 0 Å². The number of imidazole rings is 1. The second-order valence-electron chi connectivity index (χ2n) is 3.74. The first-order chi connectivity index (χ1) is 8.70. The van der Waals surface area contributed by atoms with E-state index in [2.05, 4.69) is 32.1 Å². The van der Waals surface area contributed by atoms with Crippen molar-refractivity contribution in [2.24, 2.45) is 0 Å². The Kier molecular flexibility index (Phi) is 2.65. The molecule has 0 bridgehead atoms. The first-order valence-corrected chi connectivity index (χ1v) is 6.83. The van der Waals surface area contributed by atoms with Crippen LogP contribution in [0.15, 0.2) is 28.7 Å². The zero-order chi connectivity index (χ0) is 12.7. The van der Waals surface area contributed by atoms with Crippen molar-refractivity contribution in [2.45, 2.75) is 6.92 Å². The van der Waals surface area contributed by atoms with Gasteiger partial charge in [-0.25, -0.2) is 4.98 Å². The summed E-state index contributed by atoms with van der Waals surface area (Å²) in [7, 11) is 0. The number of nitrogens with zero attached hydrogens (tertiary/aromatic N) is 4. The smallest absolute Gasteiger partial charge is 0.213 e. The minimum Gasteiger partial charge on any atom is -0.221 e. The fraction of sp³-hybridized carbons (Fsp3) is 0.0833. The molecule has 0 amide bonds. The van der Waals surface area contributed by atoms with Crippen LogP contribution < -0.4 is 0 Å². The molecule has 3 aromatic rings. The zero-order valence-corrected chi connectivity index (χ0v) is 11.8. The van der Waals surface area contributed by atoms with Gasteiger partial charge in [-0.15, -0.1) is 0 Å². The lowest BCUT2D eigenvalue weighted by molar-refractivity contribution is 0.955. The third-order valence-corrected chi connectivity index (χ3v) is 4.22. The third-order valence-electron chi connectivity index (χ3n) is 2.59. The molecule has 3 rings (SSSR count). The molecule has 0 saturated carbocycles. The van der Waals surface area contributed by atoms with E-state index in [0.29, 0.717) is 5.69 Å². The molecular weight excluding hydrogens is 312 g/mol. The van der Waals surface area contributed by atoms with E-state index in [1.54, 1.807) is 4.52 Å². The molecule has 88 valence electrons. The summed E-state index contributed by atoms with van der Waals surface area (Å²) in [5.41, 5.74) is 2.23. The van der Waals surface area contributed by atoms with E-state index in [-0.39, 0.29) is 0 Å². The summed E-state index contributed by atoms with van der Waals surface area (Å²) >= 11 is 4.98. The molecule has 1 aromatic carbocycles. The highest BCUT2D eigenvalue weighted by molar-refractivity contribution is 9.10. The lowest BCUT2D eigenvalue weighted by atomic mass is 10.2. The van der Waals surface area contributed by atoms with Gasteiger partial charge in [-0.05, 0) is 13.0 Å². The Morgan fingerprint density at radius 3 is 2.89 bits per heavy atom. The first-order valence-electron chi connectivity index (χ1n) is 5.22. The monoisotopic (exact) mass is 318 g/mol. The highest BCUT2D eigenvalue weighted by Gasteiger charge is 2.15. The van der Waals surface area contributed by atoms with Crippen LogP contribution in [0.4, 0.5) is 0 Å². The zero-order valence-electron chi connectivity index (χ0n) is 9.38. The van der Waals surface area contributed by atoms with Crippen molar-refractivity contribution in [2.75, 3.05) is 0 Å². The van der Waals surface area contributed by atoms with Crippen LogP contribution in [0, 0.1) is 18.3 Å². The summed E-state index contributed by atoms with van der Waals surface area (Å²) < 4.78 is 2.59. The van der Waals surface area contributed by atoms with E-state index in [0.717, 1.165) is 25.7 Å². The third kappa shape index (κ3) is 1.64. The Balaban J connectivity index is 2.25. The fourth-order valence-electron chi connectivity index (χ4n) is 1.72. The van der Waals surface area contributed by atoms with Crippen LogP contribution in [0.1, 0.15) is 11.4 Å². The molecule has 0 aliphatic heterocycles. The molecule has 0 radical (unpaired) electrons. The number of fused-ring (bicyclic) bond motifs is 1. The van der Waals surface area contributed by atoms with Gasteiger partial charge in [0.25, 0.3) is 0 Å². The number of aromatic nitrogens is 3. The van der Waals surface area contributed by atoms with Crippen molar-refractivity contribution in [1.82, 2.24) is 14.6 Å². The van der Waals surface area contributed by atoms with E-state index >= 15 is 0 Å². The van der Waals surface area contributed by atoms with Crippen molar-refractivity contribution in [3.05, 3.63) is 40.1 Å². The van der Waals surface area contributed by atoms with Gasteiger partial charge in [0.1, 0.15) is 11.1 Å². The summed E-state index contributed by atoms with van der Waals surface area (Å²) in [5, 5.41) is 14.4. The van der Waals surface area contributed by atoms with Crippen molar-refractivity contribution >= 4 is 32.2 Å². The molecular formula is C12H7BrN4S. The van der Waals surface area contributed by atoms with E-state index in [1.807, 2.05) is 31.2 Å². The molecule has 6 heteroatoms. The topological polar surface area (TPSA) is 54.0 Å². The number of hydrogen-bond donors (Lipinski definition) is 0. The van der Waals surface area contributed by atoms with Crippen LogP contribution >= 0.6 is 27.3 Å². The molecule has 0 unspecified atom stereocenters. The number of hydrogen-bond acceptors (Lipinski definition) is 4. The van der Waals surface area contributed by atoms with Crippen LogP contribution in [-0.2, 0) is 0 Å². The summed E-state index contributed by atoms with van der Waals surface area (Å²) in [4.78, 5) is 5.09. The predicted octanol–water partition coefficient (Wildman–Crippen LogP) is 3.40. The number of rotatable bonds is 1. The molecule has 0 N–H and O–H groups in total. The number of halogens is 1. The highest BCUT2D eigenvalue weighted by Crippen LogP contribution is 2.31. The van der Waals surface area contributed by atoms with Crippen LogP contribution in [0.3, 0.4) is 0 Å². The molecule has 0 fully saturated rings. The Hall–Kier alpha value is -1.71. The molecule has 0 aliphatic carbocycles. The van der Waals surface area contributed by atoms with Gasteiger partial charge in [-0.2, -0.15) is 14.9 Å². The molecule has 2 heterocycles. The largest absolute Gasteiger partial charge is 0.221 e. The van der Waals surface area contributed by atoms with Gasteiger partial charge in [-0.1, -0.05) is 45.5 Å². The molecule has 0 atom stereocenters. The maximum atomic E-state index is 9.08. The van der Waals surface area contributed by atoms with Crippen molar-refractivity contribution < 1.29 is 0 Å². The van der Waals surface area contributed by atoms with Gasteiger partial charge in [0, 0.05) is 10.0 Å². The molecule has 0 aliphatic rings. The van der Waals surface area contributed by atoms with Crippen LogP contribution in [0.25, 0.3) is 15.5 Å². The van der Waals surface area contributed by atoms with Gasteiger partial charge in [0.05, 0.1) is 5.69 Å². The molecule has 0 spiro atoms. The molecule has 2 aromatic heterocycles. The molecule has 18 heavy (non-hydrogen) atoms. The average molecular weight is 319 g/mol. The summed E-state index contributed by atoms with van der Waals surface area (Å²) in [6.07, 6.45) is 0. The minimum atomic E-state index is 0.500.